The predicted octanol–water partition coefficient (Wildman–Crippen LogP) is 1.37. The molecule has 0 aromatic heterocycles. The number of hydrogen-bond acceptors (Lipinski definition) is 2. The maximum Gasteiger partial charge on any atom is 0.307 e. The van der Waals surface area contributed by atoms with Crippen molar-refractivity contribution in [3.05, 3.63) is 35.4 Å². The number of rotatable bonds is 5. The Morgan fingerprint density at radius 1 is 1.33 bits per heavy atom. The number of aliphatic carboxylic acids is 1. The van der Waals surface area contributed by atoms with Gasteiger partial charge in [-0.15, -0.1) is 0 Å². The third-order valence-corrected chi connectivity index (χ3v) is 3.40. The number of carbonyl (C=O) groups excluding carboxylic acids is 1. The molecule has 0 radical (unpaired) electrons. The number of aryl methyl sites for hydroxylation is 1. The molecule has 18 heavy (non-hydrogen) atoms. The van der Waals surface area contributed by atoms with Crippen LogP contribution in [0, 0.1) is 18.8 Å². The SMILES string of the molecule is Cc1ccccc1CCNC(=O)C1CC1C(=O)O. The van der Waals surface area contributed by atoms with Crippen LogP contribution in [0.15, 0.2) is 24.3 Å². The van der Waals surface area contributed by atoms with Gasteiger partial charge in [0.2, 0.25) is 5.91 Å². The minimum atomic E-state index is -0.867. The van der Waals surface area contributed by atoms with Gasteiger partial charge < -0.3 is 10.4 Å². The molecule has 1 aliphatic carbocycles. The largest absolute Gasteiger partial charge is 0.481 e. The van der Waals surface area contributed by atoms with Gasteiger partial charge in [-0.2, -0.15) is 0 Å². The summed E-state index contributed by atoms with van der Waals surface area (Å²) in [6, 6.07) is 8.04. The van der Waals surface area contributed by atoms with Crippen molar-refractivity contribution in [1.29, 1.82) is 0 Å². The molecule has 0 saturated heterocycles. The summed E-state index contributed by atoms with van der Waals surface area (Å²) in [6.45, 7) is 2.60. The first-order valence-corrected chi connectivity index (χ1v) is 6.14. The van der Waals surface area contributed by atoms with Crippen LogP contribution in [0.3, 0.4) is 0 Å². The molecule has 1 saturated carbocycles. The van der Waals surface area contributed by atoms with E-state index in [0.29, 0.717) is 13.0 Å². The Bertz CT molecular complexity index is 470. The average molecular weight is 247 g/mol. The average Bonchev–Trinajstić information content (AvgIpc) is 3.11. The van der Waals surface area contributed by atoms with Crippen LogP contribution in [0.4, 0.5) is 0 Å². The lowest BCUT2D eigenvalue weighted by molar-refractivity contribution is -0.140. The second-order valence-corrected chi connectivity index (χ2v) is 4.75. The van der Waals surface area contributed by atoms with Crippen LogP contribution in [0.1, 0.15) is 17.5 Å². The van der Waals surface area contributed by atoms with E-state index in [4.69, 9.17) is 5.11 Å². The Kier molecular flexibility index (Phi) is 3.65. The first kappa shape index (κ1) is 12.6. The number of carboxylic acids is 1. The van der Waals surface area contributed by atoms with E-state index in [1.807, 2.05) is 31.2 Å². The van der Waals surface area contributed by atoms with Gasteiger partial charge in [0.15, 0.2) is 0 Å². The Morgan fingerprint density at radius 3 is 2.67 bits per heavy atom. The van der Waals surface area contributed by atoms with Crippen molar-refractivity contribution >= 4 is 11.9 Å². The minimum Gasteiger partial charge on any atom is -0.481 e. The first-order chi connectivity index (χ1) is 8.59. The molecule has 1 fully saturated rings. The van der Waals surface area contributed by atoms with Gasteiger partial charge in [-0.3, -0.25) is 9.59 Å². The van der Waals surface area contributed by atoms with Crippen LogP contribution in [-0.4, -0.2) is 23.5 Å². The van der Waals surface area contributed by atoms with Crippen molar-refractivity contribution < 1.29 is 14.7 Å². The van der Waals surface area contributed by atoms with E-state index < -0.39 is 11.9 Å². The second-order valence-electron chi connectivity index (χ2n) is 4.75. The summed E-state index contributed by atoms with van der Waals surface area (Å²) in [5.74, 6) is -1.78. The van der Waals surface area contributed by atoms with E-state index in [-0.39, 0.29) is 11.8 Å². The highest BCUT2D eigenvalue weighted by atomic mass is 16.4. The van der Waals surface area contributed by atoms with E-state index in [0.717, 1.165) is 6.42 Å². The van der Waals surface area contributed by atoms with Crippen molar-refractivity contribution in [3.8, 4) is 0 Å². The molecule has 0 spiro atoms. The van der Waals surface area contributed by atoms with Crippen LogP contribution in [0.2, 0.25) is 0 Å². The van der Waals surface area contributed by atoms with Crippen molar-refractivity contribution in [2.45, 2.75) is 19.8 Å². The fourth-order valence-electron chi connectivity index (χ4n) is 2.10. The van der Waals surface area contributed by atoms with Gasteiger partial charge in [0.1, 0.15) is 0 Å². The maximum atomic E-state index is 11.6. The van der Waals surface area contributed by atoms with Gasteiger partial charge in [-0.1, -0.05) is 24.3 Å². The van der Waals surface area contributed by atoms with E-state index >= 15 is 0 Å². The van der Waals surface area contributed by atoms with Gasteiger partial charge in [-0.05, 0) is 30.9 Å². The fourth-order valence-corrected chi connectivity index (χ4v) is 2.10. The van der Waals surface area contributed by atoms with Crippen molar-refractivity contribution in [2.75, 3.05) is 6.54 Å². The standard InChI is InChI=1S/C14H17NO3/c1-9-4-2-3-5-10(9)6-7-15-13(16)11-8-12(11)14(17)18/h2-5,11-12H,6-8H2,1H3,(H,15,16)(H,17,18). The van der Waals surface area contributed by atoms with E-state index in [1.165, 1.54) is 11.1 Å². The smallest absolute Gasteiger partial charge is 0.307 e. The van der Waals surface area contributed by atoms with Crippen molar-refractivity contribution in [2.24, 2.45) is 11.8 Å². The van der Waals surface area contributed by atoms with Crippen LogP contribution in [0.5, 0.6) is 0 Å². The Balaban J connectivity index is 1.75. The first-order valence-electron chi connectivity index (χ1n) is 6.14. The zero-order valence-corrected chi connectivity index (χ0v) is 10.3. The normalized spacial score (nSPS) is 21.4. The van der Waals surface area contributed by atoms with Gasteiger partial charge >= 0.3 is 5.97 Å². The van der Waals surface area contributed by atoms with Crippen LogP contribution >= 0.6 is 0 Å². The highest BCUT2D eigenvalue weighted by molar-refractivity contribution is 5.89. The Morgan fingerprint density at radius 2 is 2.06 bits per heavy atom. The predicted molar refractivity (Wildman–Crippen MR) is 67.1 cm³/mol. The minimum absolute atomic E-state index is 0.129. The van der Waals surface area contributed by atoms with Gasteiger partial charge in [0, 0.05) is 6.54 Å². The summed E-state index contributed by atoms with van der Waals surface area (Å²) in [7, 11) is 0. The topological polar surface area (TPSA) is 66.4 Å². The van der Waals surface area contributed by atoms with E-state index in [2.05, 4.69) is 5.32 Å². The molecule has 2 rings (SSSR count). The molecular weight excluding hydrogens is 230 g/mol. The fraction of sp³-hybridized carbons (Fsp3) is 0.429. The van der Waals surface area contributed by atoms with Crippen molar-refractivity contribution in [3.63, 3.8) is 0 Å². The second kappa shape index (κ2) is 5.21. The molecule has 4 nitrogen and oxygen atoms in total. The highest BCUT2D eigenvalue weighted by Crippen LogP contribution is 2.38. The maximum absolute atomic E-state index is 11.6. The van der Waals surface area contributed by atoms with Crippen molar-refractivity contribution in [1.82, 2.24) is 5.32 Å². The molecule has 0 heterocycles. The number of carbonyl (C=O) groups is 2. The number of benzene rings is 1. The molecule has 2 atom stereocenters. The van der Waals surface area contributed by atoms with E-state index in [1.54, 1.807) is 0 Å². The summed E-state index contributed by atoms with van der Waals surface area (Å²) >= 11 is 0. The van der Waals surface area contributed by atoms with Crippen LogP contribution in [0.25, 0.3) is 0 Å². The summed E-state index contributed by atoms with van der Waals surface area (Å²) in [5, 5.41) is 11.5. The number of nitrogens with one attached hydrogen (secondary N) is 1. The Labute approximate surface area is 106 Å². The lowest BCUT2D eigenvalue weighted by Gasteiger charge is -2.07. The third-order valence-electron chi connectivity index (χ3n) is 3.40. The molecular formula is C14H17NO3. The van der Waals surface area contributed by atoms with Gasteiger partial charge in [0.25, 0.3) is 0 Å². The molecule has 1 aromatic rings. The third kappa shape index (κ3) is 2.88. The Hall–Kier alpha value is -1.84. The monoisotopic (exact) mass is 247 g/mol. The number of amides is 1. The highest BCUT2D eigenvalue weighted by Gasteiger charge is 2.48. The molecule has 1 aromatic carbocycles. The molecule has 1 aliphatic rings. The van der Waals surface area contributed by atoms with Crippen LogP contribution < -0.4 is 5.32 Å². The molecule has 0 bridgehead atoms. The zero-order chi connectivity index (χ0) is 13.1. The van der Waals surface area contributed by atoms with Gasteiger partial charge in [0.05, 0.1) is 11.8 Å². The van der Waals surface area contributed by atoms with E-state index in [9.17, 15) is 9.59 Å². The lowest BCUT2D eigenvalue weighted by atomic mass is 10.1. The number of carboxylic acid groups (broad SMARTS) is 1. The summed E-state index contributed by atoms with van der Waals surface area (Å²) in [6.07, 6.45) is 1.26. The lowest BCUT2D eigenvalue weighted by Crippen LogP contribution is -2.28. The quantitative estimate of drug-likeness (QED) is 0.826. The molecule has 4 heteroatoms. The number of hydrogen-bond donors (Lipinski definition) is 2. The molecule has 1 amide bonds. The summed E-state index contributed by atoms with van der Waals surface area (Å²) in [5.41, 5.74) is 2.42. The molecule has 0 aliphatic heterocycles. The summed E-state index contributed by atoms with van der Waals surface area (Å²) in [4.78, 5) is 22.3. The van der Waals surface area contributed by atoms with Gasteiger partial charge in [-0.25, -0.2) is 0 Å². The van der Waals surface area contributed by atoms with Crippen LogP contribution in [-0.2, 0) is 16.0 Å². The molecule has 2 unspecified atom stereocenters. The molecule has 2 N–H and O–H groups in total. The summed E-state index contributed by atoms with van der Waals surface area (Å²) < 4.78 is 0. The molecule has 96 valence electrons. The zero-order valence-electron chi connectivity index (χ0n) is 10.3.